The molecule has 3 rings (SSSR count). The minimum atomic E-state index is -0.476. The molecule has 2 aromatic carbocycles. The molecule has 3 aromatic rings. The van der Waals surface area contributed by atoms with E-state index < -0.39 is 4.92 Å². The van der Waals surface area contributed by atoms with E-state index in [1.807, 2.05) is 45.0 Å². The minimum absolute atomic E-state index is 0.0498. The summed E-state index contributed by atoms with van der Waals surface area (Å²) in [4.78, 5) is 23.7. The monoisotopic (exact) mass is 408 g/mol. The quantitative estimate of drug-likeness (QED) is 0.466. The first-order chi connectivity index (χ1) is 14.3. The molecule has 1 heterocycles. The minimum Gasteiger partial charge on any atom is -0.497 e. The molecule has 1 aromatic heterocycles. The van der Waals surface area contributed by atoms with Gasteiger partial charge in [0.1, 0.15) is 11.4 Å². The number of nitrogens with zero attached hydrogens (tertiary/aromatic N) is 3. The Balaban J connectivity index is 2.11. The van der Waals surface area contributed by atoms with Crippen molar-refractivity contribution in [3.63, 3.8) is 0 Å². The summed E-state index contributed by atoms with van der Waals surface area (Å²) in [6, 6.07) is 15.0. The molecule has 0 aliphatic rings. The number of methoxy groups -OCH3 is 1. The topological polar surface area (TPSA) is 99.3 Å². The summed E-state index contributed by atoms with van der Waals surface area (Å²) in [6.07, 6.45) is 0. The fraction of sp³-hybridized carbons (Fsp3) is 0.273. The van der Waals surface area contributed by atoms with E-state index >= 15 is 0 Å². The van der Waals surface area contributed by atoms with Crippen LogP contribution in [0.2, 0.25) is 0 Å². The van der Waals surface area contributed by atoms with Crippen molar-refractivity contribution in [3.8, 4) is 22.7 Å². The summed E-state index contributed by atoms with van der Waals surface area (Å²) in [7, 11) is 1.58. The van der Waals surface area contributed by atoms with Gasteiger partial charge < -0.3 is 10.1 Å². The zero-order valence-corrected chi connectivity index (χ0v) is 17.3. The lowest BCUT2D eigenvalue weighted by molar-refractivity contribution is -0.384. The van der Waals surface area contributed by atoms with Gasteiger partial charge in [0.05, 0.1) is 23.4 Å². The summed E-state index contributed by atoms with van der Waals surface area (Å²) in [5.41, 5.74) is 1.97. The van der Waals surface area contributed by atoms with E-state index in [9.17, 15) is 14.9 Å². The molecule has 156 valence electrons. The molecule has 0 saturated heterocycles. The van der Waals surface area contributed by atoms with E-state index in [4.69, 9.17) is 4.74 Å². The number of benzene rings is 2. The maximum Gasteiger partial charge on any atom is 0.271 e. The van der Waals surface area contributed by atoms with Crippen LogP contribution in [0.25, 0.3) is 16.9 Å². The normalized spacial score (nSPS) is 11.9. The van der Waals surface area contributed by atoms with Crippen LogP contribution in [0.4, 0.5) is 5.69 Å². The largest absolute Gasteiger partial charge is 0.497 e. The zero-order chi connectivity index (χ0) is 21.8. The number of non-ortho nitro benzene ring substituents is 1. The molecule has 0 bridgehead atoms. The lowest BCUT2D eigenvalue weighted by atomic mass is 10.1. The highest BCUT2D eigenvalue weighted by atomic mass is 16.6. The van der Waals surface area contributed by atoms with Gasteiger partial charge in [-0.3, -0.25) is 14.9 Å². The SMILES string of the molecule is COc1cccc(-c2cc(C(=O)NC(C)C(C)C)n(-c3cccc([N+](=O)[O-])c3)n2)c1. The number of nitro groups is 1. The van der Waals surface area contributed by atoms with Gasteiger partial charge in [0, 0.05) is 23.7 Å². The predicted octanol–water partition coefficient (Wildman–Crippen LogP) is 4.23. The number of nitrogens with one attached hydrogen (secondary N) is 1. The Bertz CT molecular complexity index is 1070. The molecule has 30 heavy (non-hydrogen) atoms. The molecule has 0 fully saturated rings. The van der Waals surface area contributed by atoms with Crippen molar-refractivity contribution in [2.75, 3.05) is 7.11 Å². The second kappa shape index (κ2) is 8.77. The van der Waals surface area contributed by atoms with Crippen LogP contribution in [0.3, 0.4) is 0 Å². The van der Waals surface area contributed by atoms with Gasteiger partial charge in [0.25, 0.3) is 11.6 Å². The summed E-state index contributed by atoms with van der Waals surface area (Å²) in [6.45, 7) is 5.97. The van der Waals surface area contributed by atoms with E-state index in [0.29, 0.717) is 22.8 Å². The van der Waals surface area contributed by atoms with Crippen LogP contribution in [-0.4, -0.2) is 33.8 Å². The third-order valence-corrected chi connectivity index (χ3v) is 4.95. The van der Waals surface area contributed by atoms with Crippen molar-refractivity contribution in [2.45, 2.75) is 26.8 Å². The number of carbonyl (C=O) groups excluding carboxylic acids is 1. The Labute approximate surface area is 174 Å². The Morgan fingerprint density at radius 2 is 1.87 bits per heavy atom. The van der Waals surface area contributed by atoms with Gasteiger partial charge in [0.2, 0.25) is 0 Å². The predicted molar refractivity (Wildman–Crippen MR) is 114 cm³/mol. The molecule has 0 radical (unpaired) electrons. The lowest BCUT2D eigenvalue weighted by Gasteiger charge is -2.17. The molecule has 1 amide bonds. The second-order valence-corrected chi connectivity index (χ2v) is 7.34. The highest BCUT2D eigenvalue weighted by molar-refractivity contribution is 5.94. The van der Waals surface area contributed by atoms with Crippen molar-refractivity contribution in [3.05, 3.63) is 70.4 Å². The number of carbonyl (C=O) groups is 1. The van der Waals surface area contributed by atoms with Gasteiger partial charge in [-0.05, 0) is 37.1 Å². The molecule has 1 atom stereocenters. The molecule has 1 unspecified atom stereocenters. The standard InChI is InChI=1S/C22H24N4O4/c1-14(2)15(3)23-22(27)21-13-20(16-7-5-10-19(11-16)30-4)24-25(21)17-8-6-9-18(12-17)26(28)29/h5-15H,1-4H3,(H,23,27). The first kappa shape index (κ1) is 21.0. The number of nitro benzene ring substituents is 1. The maximum atomic E-state index is 13.0. The van der Waals surface area contributed by atoms with E-state index in [1.165, 1.54) is 16.8 Å². The fourth-order valence-electron chi connectivity index (χ4n) is 2.85. The van der Waals surface area contributed by atoms with Crippen LogP contribution in [0.5, 0.6) is 5.75 Å². The lowest BCUT2D eigenvalue weighted by Crippen LogP contribution is -2.37. The van der Waals surface area contributed by atoms with Crippen molar-refractivity contribution in [1.82, 2.24) is 15.1 Å². The molecule has 0 aliphatic heterocycles. The number of aromatic nitrogens is 2. The summed E-state index contributed by atoms with van der Waals surface area (Å²) >= 11 is 0. The smallest absolute Gasteiger partial charge is 0.271 e. The van der Waals surface area contributed by atoms with Crippen LogP contribution in [0, 0.1) is 16.0 Å². The maximum absolute atomic E-state index is 13.0. The Morgan fingerprint density at radius 3 is 2.53 bits per heavy atom. The van der Waals surface area contributed by atoms with Crippen LogP contribution < -0.4 is 10.1 Å². The Morgan fingerprint density at radius 1 is 1.13 bits per heavy atom. The van der Waals surface area contributed by atoms with Crippen molar-refractivity contribution < 1.29 is 14.5 Å². The number of hydrogen-bond donors (Lipinski definition) is 1. The molecular formula is C22H24N4O4. The average Bonchev–Trinajstić information content (AvgIpc) is 3.19. The highest BCUT2D eigenvalue weighted by Gasteiger charge is 2.21. The van der Waals surface area contributed by atoms with Crippen LogP contribution in [0.15, 0.2) is 54.6 Å². The zero-order valence-electron chi connectivity index (χ0n) is 17.3. The molecule has 0 aliphatic carbocycles. The summed E-state index contributed by atoms with van der Waals surface area (Å²) < 4.78 is 6.71. The average molecular weight is 408 g/mol. The molecular weight excluding hydrogens is 384 g/mol. The van der Waals surface area contributed by atoms with E-state index in [-0.39, 0.29) is 23.6 Å². The molecule has 8 nitrogen and oxygen atoms in total. The van der Waals surface area contributed by atoms with E-state index in [2.05, 4.69) is 10.4 Å². The number of amides is 1. The molecule has 8 heteroatoms. The van der Waals surface area contributed by atoms with Crippen molar-refractivity contribution in [2.24, 2.45) is 5.92 Å². The van der Waals surface area contributed by atoms with Crippen LogP contribution in [0.1, 0.15) is 31.3 Å². The fourth-order valence-corrected chi connectivity index (χ4v) is 2.85. The van der Waals surface area contributed by atoms with Gasteiger partial charge in [0.15, 0.2) is 0 Å². The van der Waals surface area contributed by atoms with Gasteiger partial charge in [-0.1, -0.05) is 32.0 Å². The summed E-state index contributed by atoms with van der Waals surface area (Å²) in [5, 5.41) is 18.8. The first-order valence-corrected chi connectivity index (χ1v) is 9.60. The molecule has 1 N–H and O–H groups in total. The van der Waals surface area contributed by atoms with Gasteiger partial charge in [-0.15, -0.1) is 0 Å². The number of ether oxygens (including phenoxy) is 1. The highest BCUT2D eigenvalue weighted by Crippen LogP contribution is 2.26. The second-order valence-electron chi connectivity index (χ2n) is 7.34. The van der Waals surface area contributed by atoms with Gasteiger partial charge in [-0.25, -0.2) is 4.68 Å². The third-order valence-electron chi connectivity index (χ3n) is 4.95. The van der Waals surface area contributed by atoms with E-state index in [0.717, 1.165) is 5.56 Å². The van der Waals surface area contributed by atoms with Gasteiger partial charge in [-0.2, -0.15) is 5.10 Å². The molecule has 0 spiro atoms. The van der Waals surface area contributed by atoms with Gasteiger partial charge >= 0.3 is 0 Å². The Hall–Kier alpha value is -3.68. The van der Waals surface area contributed by atoms with Crippen LogP contribution >= 0.6 is 0 Å². The first-order valence-electron chi connectivity index (χ1n) is 9.60. The van der Waals surface area contributed by atoms with Crippen LogP contribution in [-0.2, 0) is 0 Å². The Kier molecular flexibility index (Phi) is 6.15. The molecule has 0 saturated carbocycles. The number of rotatable bonds is 7. The van der Waals surface area contributed by atoms with E-state index in [1.54, 1.807) is 25.3 Å². The third kappa shape index (κ3) is 4.48. The summed E-state index contributed by atoms with van der Waals surface area (Å²) in [5.74, 6) is 0.613. The number of hydrogen-bond acceptors (Lipinski definition) is 5. The van der Waals surface area contributed by atoms with Crippen molar-refractivity contribution in [1.29, 1.82) is 0 Å². The van der Waals surface area contributed by atoms with Crippen molar-refractivity contribution >= 4 is 11.6 Å².